The van der Waals surface area contributed by atoms with E-state index in [4.69, 9.17) is 5.73 Å². The Hall–Kier alpha value is -1.55. The van der Waals surface area contributed by atoms with Gasteiger partial charge in [-0.3, -0.25) is 9.69 Å². The summed E-state index contributed by atoms with van der Waals surface area (Å²) in [5, 5.41) is 2.90. The molecular formula is C15H23N3O. The second-order valence-electron chi connectivity index (χ2n) is 5.34. The van der Waals surface area contributed by atoms with Crippen molar-refractivity contribution in [2.24, 2.45) is 0 Å². The van der Waals surface area contributed by atoms with Gasteiger partial charge in [0.15, 0.2) is 0 Å². The summed E-state index contributed by atoms with van der Waals surface area (Å²) in [6, 6.07) is 6.31. The molecule has 3 N–H and O–H groups in total. The quantitative estimate of drug-likeness (QED) is 0.773. The molecule has 0 radical (unpaired) electrons. The van der Waals surface area contributed by atoms with Crippen LogP contribution in [0.25, 0.3) is 0 Å². The van der Waals surface area contributed by atoms with Gasteiger partial charge in [0.1, 0.15) is 0 Å². The first-order chi connectivity index (χ1) is 9.10. The van der Waals surface area contributed by atoms with Gasteiger partial charge in [-0.15, -0.1) is 0 Å². The predicted molar refractivity (Wildman–Crippen MR) is 79.1 cm³/mol. The first-order valence-electron chi connectivity index (χ1n) is 7.00. The van der Waals surface area contributed by atoms with E-state index in [0.717, 1.165) is 18.5 Å². The zero-order chi connectivity index (χ0) is 13.8. The highest BCUT2D eigenvalue weighted by atomic mass is 16.2. The average Bonchev–Trinajstić information content (AvgIpc) is 3.16. The van der Waals surface area contributed by atoms with Gasteiger partial charge in [-0.1, -0.05) is 13.0 Å². The lowest BCUT2D eigenvalue weighted by molar-refractivity contribution is -0.117. The second-order valence-corrected chi connectivity index (χ2v) is 5.34. The van der Waals surface area contributed by atoms with Gasteiger partial charge in [-0.2, -0.15) is 0 Å². The lowest BCUT2D eigenvalue weighted by Crippen LogP contribution is -2.35. The lowest BCUT2D eigenvalue weighted by atomic mass is 10.2. The lowest BCUT2D eigenvalue weighted by Gasteiger charge is -2.20. The number of anilines is 2. The summed E-state index contributed by atoms with van der Waals surface area (Å²) < 4.78 is 0. The van der Waals surface area contributed by atoms with Crippen LogP contribution in [0.15, 0.2) is 18.2 Å². The molecule has 0 unspecified atom stereocenters. The Morgan fingerprint density at radius 2 is 2.21 bits per heavy atom. The number of benzene rings is 1. The summed E-state index contributed by atoms with van der Waals surface area (Å²) >= 11 is 0. The Kier molecular flexibility index (Phi) is 4.43. The molecule has 1 saturated carbocycles. The van der Waals surface area contributed by atoms with Gasteiger partial charge in [0.2, 0.25) is 5.91 Å². The highest BCUT2D eigenvalue weighted by Gasteiger charge is 2.29. The van der Waals surface area contributed by atoms with Crippen molar-refractivity contribution in [3.63, 3.8) is 0 Å². The summed E-state index contributed by atoms with van der Waals surface area (Å²) in [6.45, 7) is 5.58. The normalized spacial score (nSPS) is 14.7. The number of nitrogens with one attached hydrogen (secondary N) is 1. The zero-order valence-corrected chi connectivity index (χ0v) is 11.8. The Morgan fingerprint density at radius 3 is 2.79 bits per heavy atom. The van der Waals surface area contributed by atoms with Crippen molar-refractivity contribution in [1.29, 1.82) is 0 Å². The van der Waals surface area contributed by atoms with Gasteiger partial charge in [-0.25, -0.2) is 0 Å². The van der Waals surface area contributed by atoms with Crippen LogP contribution >= 0.6 is 0 Å². The van der Waals surface area contributed by atoms with Gasteiger partial charge in [-0.05, 0) is 50.4 Å². The average molecular weight is 261 g/mol. The van der Waals surface area contributed by atoms with Crippen molar-refractivity contribution in [3.8, 4) is 0 Å². The summed E-state index contributed by atoms with van der Waals surface area (Å²) in [4.78, 5) is 14.3. The Balaban J connectivity index is 1.92. The van der Waals surface area contributed by atoms with E-state index in [1.54, 1.807) is 0 Å². The van der Waals surface area contributed by atoms with Crippen molar-refractivity contribution in [2.75, 3.05) is 24.1 Å². The molecule has 0 atom stereocenters. The Morgan fingerprint density at radius 1 is 1.47 bits per heavy atom. The van der Waals surface area contributed by atoms with E-state index in [-0.39, 0.29) is 5.91 Å². The fraction of sp³-hybridized carbons (Fsp3) is 0.533. The summed E-state index contributed by atoms with van der Waals surface area (Å²) in [7, 11) is 0. The molecule has 19 heavy (non-hydrogen) atoms. The van der Waals surface area contributed by atoms with Crippen LogP contribution in [0.4, 0.5) is 11.4 Å². The third kappa shape index (κ3) is 3.96. The number of carbonyl (C=O) groups excluding carboxylic acids is 1. The molecule has 4 heteroatoms. The third-order valence-corrected chi connectivity index (χ3v) is 3.40. The second kappa shape index (κ2) is 6.06. The number of hydrogen-bond acceptors (Lipinski definition) is 3. The molecule has 0 bridgehead atoms. The largest absolute Gasteiger partial charge is 0.397 e. The number of nitrogens with two attached hydrogens (primary N) is 1. The van der Waals surface area contributed by atoms with Gasteiger partial charge in [0.25, 0.3) is 0 Å². The zero-order valence-electron chi connectivity index (χ0n) is 11.8. The number of aryl methyl sites for hydroxylation is 1. The van der Waals surface area contributed by atoms with Crippen LogP contribution in [0.5, 0.6) is 0 Å². The van der Waals surface area contributed by atoms with Crippen LogP contribution in [0.1, 0.15) is 31.7 Å². The number of amides is 1. The van der Waals surface area contributed by atoms with Crippen LogP contribution in [0, 0.1) is 6.92 Å². The van der Waals surface area contributed by atoms with E-state index in [1.807, 2.05) is 25.1 Å². The smallest absolute Gasteiger partial charge is 0.238 e. The molecule has 1 aliphatic rings. The number of nitrogen functional groups attached to an aromatic ring is 1. The number of rotatable bonds is 6. The molecule has 1 aliphatic carbocycles. The topological polar surface area (TPSA) is 58.4 Å². The summed E-state index contributed by atoms with van der Waals surface area (Å²) in [5.41, 5.74) is 8.34. The van der Waals surface area contributed by atoms with Crippen molar-refractivity contribution in [3.05, 3.63) is 23.8 Å². The van der Waals surface area contributed by atoms with E-state index in [2.05, 4.69) is 17.1 Å². The summed E-state index contributed by atoms with van der Waals surface area (Å²) in [5.74, 6) is 0.0240. The summed E-state index contributed by atoms with van der Waals surface area (Å²) in [6.07, 6.45) is 3.52. The molecule has 1 amide bonds. The third-order valence-electron chi connectivity index (χ3n) is 3.40. The maximum Gasteiger partial charge on any atom is 0.238 e. The molecule has 1 aromatic carbocycles. The number of nitrogens with zero attached hydrogens (tertiary/aromatic N) is 1. The van der Waals surface area contributed by atoms with Gasteiger partial charge < -0.3 is 11.1 Å². The Labute approximate surface area is 115 Å². The van der Waals surface area contributed by atoms with Gasteiger partial charge in [0.05, 0.1) is 17.9 Å². The van der Waals surface area contributed by atoms with E-state index in [9.17, 15) is 4.79 Å². The highest BCUT2D eigenvalue weighted by Crippen LogP contribution is 2.27. The first kappa shape index (κ1) is 13.9. The molecule has 0 saturated heterocycles. The minimum atomic E-state index is 0.0240. The standard InChI is InChI=1S/C15H23N3O/c1-3-8-18(12-5-6-12)10-15(19)17-14-7-4-11(2)9-13(14)16/h4,7,9,12H,3,5-6,8,10,16H2,1-2H3,(H,17,19). The van der Waals surface area contributed by atoms with Crippen LogP contribution in [0.3, 0.4) is 0 Å². The highest BCUT2D eigenvalue weighted by molar-refractivity contribution is 5.95. The molecule has 0 aromatic heterocycles. The van der Waals surface area contributed by atoms with E-state index < -0.39 is 0 Å². The number of carbonyl (C=O) groups is 1. The molecule has 0 spiro atoms. The molecule has 1 aromatic rings. The Bertz CT molecular complexity index is 455. The van der Waals surface area contributed by atoms with Crippen molar-refractivity contribution < 1.29 is 4.79 Å². The maximum atomic E-state index is 12.1. The monoisotopic (exact) mass is 261 g/mol. The molecule has 0 aliphatic heterocycles. The van der Waals surface area contributed by atoms with Crippen LogP contribution in [0.2, 0.25) is 0 Å². The van der Waals surface area contributed by atoms with Crippen molar-refractivity contribution in [1.82, 2.24) is 4.90 Å². The van der Waals surface area contributed by atoms with E-state index in [0.29, 0.717) is 24.0 Å². The molecule has 2 rings (SSSR count). The van der Waals surface area contributed by atoms with Crippen LogP contribution < -0.4 is 11.1 Å². The predicted octanol–water partition coefficient (Wildman–Crippen LogP) is 2.39. The fourth-order valence-corrected chi connectivity index (χ4v) is 2.29. The van der Waals surface area contributed by atoms with Crippen LogP contribution in [-0.2, 0) is 4.79 Å². The van der Waals surface area contributed by atoms with Crippen molar-refractivity contribution >= 4 is 17.3 Å². The molecule has 104 valence electrons. The first-order valence-corrected chi connectivity index (χ1v) is 7.00. The van der Waals surface area contributed by atoms with Gasteiger partial charge in [0, 0.05) is 6.04 Å². The fourth-order valence-electron chi connectivity index (χ4n) is 2.29. The van der Waals surface area contributed by atoms with E-state index in [1.165, 1.54) is 12.8 Å². The van der Waals surface area contributed by atoms with Gasteiger partial charge >= 0.3 is 0 Å². The minimum Gasteiger partial charge on any atom is -0.397 e. The molecule has 4 nitrogen and oxygen atoms in total. The number of hydrogen-bond donors (Lipinski definition) is 2. The van der Waals surface area contributed by atoms with Crippen molar-refractivity contribution in [2.45, 2.75) is 39.2 Å². The molecule has 1 fully saturated rings. The SMILES string of the molecule is CCCN(CC(=O)Nc1ccc(C)cc1N)C1CC1. The molecular weight excluding hydrogens is 238 g/mol. The minimum absolute atomic E-state index is 0.0240. The maximum absolute atomic E-state index is 12.1. The molecule has 0 heterocycles. The van der Waals surface area contributed by atoms with Crippen LogP contribution in [-0.4, -0.2) is 29.9 Å². The van der Waals surface area contributed by atoms with E-state index >= 15 is 0 Å².